The summed E-state index contributed by atoms with van der Waals surface area (Å²) in [5, 5.41) is 0. The predicted octanol–water partition coefficient (Wildman–Crippen LogP) is 2.40. The van der Waals surface area contributed by atoms with Gasteiger partial charge in [-0.3, -0.25) is 4.79 Å². The van der Waals surface area contributed by atoms with Gasteiger partial charge in [0.1, 0.15) is 5.75 Å². The molecule has 1 atom stereocenters. The molecule has 1 aliphatic carbocycles. The van der Waals surface area contributed by atoms with Crippen LogP contribution in [0.5, 0.6) is 5.75 Å². The van der Waals surface area contributed by atoms with Crippen molar-refractivity contribution in [3.8, 4) is 5.75 Å². The number of aryl methyl sites for hydroxylation is 1. The SMILES string of the molecule is Cc1ccc(OCC(=O)N(CC2CCOC2)C2CC2)cc1. The van der Waals surface area contributed by atoms with Crippen LogP contribution in [0.25, 0.3) is 0 Å². The Morgan fingerprint density at radius 3 is 2.67 bits per heavy atom. The van der Waals surface area contributed by atoms with Crippen molar-refractivity contribution in [3.63, 3.8) is 0 Å². The molecule has 4 heteroatoms. The number of ether oxygens (including phenoxy) is 2. The Hall–Kier alpha value is -1.55. The summed E-state index contributed by atoms with van der Waals surface area (Å²) in [6, 6.07) is 8.24. The van der Waals surface area contributed by atoms with Crippen LogP contribution in [0.4, 0.5) is 0 Å². The van der Waals surface area contributed by atoms with E-state index in [1.54, 1.807) is 0 Å². The Kier molecular flexibility index (Phi) is 4.44. The average Bonchev–Trinajstić information content (AvgIpc) is 3.20. The fraction of sp³-hybridized carbons (Fsp3) is 0.588. The van der Waals surface area contributed by atoms with E-state index < -0.39 is 0 Å². The largest absolute Gasteiger partial charge is 0.484 e. The summed E-state index contributed by atoms with van der Waals surface area (Å²) in [6.45, 7) is 4.61. The van der Waals surface area contributed by atoms with Crippen molar-refractivity contribution < 1.29 is 14.3 Å². The lowest BCUT2D eigenvalue weighted by Gasteiger charge is -2.25. The van der Waals surface area contributed by atoms with Crippen molar-refractivity contribution in [1.29, 1.82) is 0 Å². The fourth-order valence-electron chi connectivity index (χ4n) is 2.71. The zero-order valence-electron chi connectivity index (χ0n) is 12.6. The molecule has 1 aromatic rings. The highest BCUT2D eigenvalue weighted by atomic mass is 16.5. The summed E-state index contributed by atoms with van der Waals surface area (Å²) in [7, 11) is 0. The molecule has 1 aromatic carbocycles. The third-order valence-electron chi connectivity index (χ3n) is 4.17. The van der Waals surface area contributed by atoms with Gasteiger partial charge < -0.3 is 14.4 Å². The first-order valence-electron chi connectivity index (χ1n) is 7.79. The van der Waals surface area contributed by atoms with Crippen molar-refractivity contribution >= 4 is 5.91 Å². The summed E-state index contributed by atoms with van der Waals surface area (Å²) in [5.74, 6) is 1.35. The number of amides is 1. The number of benzene rings is 1. The van der Waals surface area contributed by atoms with Gasteiger partial charge >= 0.3 is 0 Å². The molecule has 0 radical (unpaired) electrons. The normalized spacial score (nSPS) is 21.3. The zero-order chi connectivity index (χ0) is 14.7. The number of carbonyl (C=O) groups is 1. The average molecular weight is 289 g/mol. The van der Waals surface area contributed by atoms with Crippen molar-refractivity contribution in [2.75, 3.05) is 26.4 Å². The van der Waals surface area contributed by atoms with E-state index in [9.17, 15) is 4.79 Å². The zero-order valence-corrected chi connectivity index (χ0v) is 12.6. The summed E-state index contributed by atoms with van der Waals surface area (Å²) >= 11 is 0. The van der Waals surface area contributed by atoms with Crippen LogP contribution in [-0.2, 0) is 9.53 Å². The van der Waals surface area contributed by atoms with E-state index in [0.29, 0.717) is 12.0 Å². The summed E-state index contributed by atoms with van der Waals surface area (Å²) in [6.07, 6.45) is 3.32. The van der Waals surface area contributed by atoms with Crippen LogP contribution in [0, 0.1) is 12.8 Å². The minimum absolute atomic E-state index is 0.102. The minimum atomic E-state index is 0.102. The molecular formula is C17H23NO3. The topological polar surface area (TPSA) is 38.8 Å². The molecule has 114 valence electrons. The smallest absolute Gasteiger partial charge is 0.260 e. The molecule has 3 rings (SSSR count). The maximum absolute atomic E-state index is 12.4. The van der Waals surface area contributed by atoms with E-state index in [-0.39, 0.29) is 12.5 Å². The van der Waals surface area contributed by atoms with Gasteiger partial charge in [0.05, 0.1) is 6.61 Å². The third-order valence-corrected chi connectivity index (χ3v) is 4.17. The predicted molar refractivity (Wildman–Crippen MR) is 80.3 cm³/mol. The second-order valence-electron chi connectivity index (χ2n) is 6.11. The molecule has 1 unspecified atom stereocenters. The highest BCUT2D eigenvalue weighted by molar-refractivity contribution is 5.78. The van der Waals surface area contributed by atoms with E-state index in [2.05, 4.69) is 0 Å². The standard InChI is InChI=1S/C17H23NO3/c1-13-2-6-16(7-3-13)21-12-17(19)18(15-4-5-15)10-14-8-9-20-11-14/h2-3,6-7,14-15H,4-5,8-12H2,1H3. The second-order valence-corrected chi connectivity index (χ2v) is 6.11. The molecule has 0 bridgehead atoms. The molecule has 2 fully saturated rings. The van der Waals surface area contributed by atoms with Gasteiger partial charge in [0.25, 0.3) is 5.91 Å². The lowest BCUT2D eigenvalue weighted by atomic mass is 10.1. The van der Waals surface area contributed by atoms with Crippen LogP contribution in [0.3, 0.4) is 0 Å². The van der Waals surface area contributed by atoms with Gasteiger partial charge in [0.2, 0.25) is 0 Å². The lowest BCUT2D eigenvalue weighted by Crippen LogP contribution is -2.40. The quantitative estimate of drug-likeness (QED) is 0.807. The van der Waals surface area contributed by atoms with E-state index in [1.165, 1.54) is 5.56 Å². The summed E-state index contributed by atoms with van der Waals surface area (Å²) < 4.78 is 11.0. The maximum Gasteiger partial charge on any atom is 0.260 e. The highest BCUT2D eigenvalue weighted by Crippen LogP contribution is 2.29. The Morgan fingerprint density at radius 2 is 2.05 bits per heavy atom. The van der Waals surface area contributed by atoms with E-state index in [1.807, 2.05) is 36.1 Å². The molecule has 0 aromatic heterocycles. The second kappa shape index (κ2) is 6.48. The summed E-state index contributed by atoms with van der Waals surface area (Å²) in [5.41, 5.74) is 1.19. The molecule has 0 N–H and O–H groups in total. The van der Waals surface area contributed by atoms with E-state index in [4.69, 9.17) is 9.47 Å². The van der Waals surface area contributed by atoms with Crippen LogP contribution >= 0.6 is 0 Å². The molecule has 1 saturated heterocycles. The van der Waals surface area contributed by atoms with Gasteiger partial charge in [-0.2, -0.15) is 0 Å². The maximum atomic E-state index is 12.4. The first-order chi connectivity index (χ1) is 10.2. The summed E-state index contributed by atoms with van der Waals surface area (Å²) in [4.78, 5) is 14.4. The van der Waals surface area contributed by atoms with E-state index in [0.717, 1.165) is 44.8 Å². The van der Waals surface area contributed by atoms with Gasteiger partial charge in [-0.25, -0.2) is 0 Å². The van der Waals surface area contributed by atoms with Gasteiger partial charge in [0, 0.05) is 25.1 Å². The lowest BCUT2D eigenvalue weighted by molar-refractivity contribution is -0.134. The monoisotopic (exact) mass is 289 g/mol. The van der Waals surface area contributed by atoms with Crippen LogP contribution < -0.4 is 4.74 Å². The van der Waals surface area contributed by atoms with Crippen LogP contribution in [-0.4, -0.2) is 43.2 Å². The van der Waals surface area contributed by atoms with Gasteiger partial charge in [-0.05, 0) is 38.3 Å². The third kappa shape index (κ3) is 3.97. The molecule has 1 amide bonds. The number of hydrogen-bond donors (Lipinski definition) is 0. The molecule has 21 heavy (non-hydrogen) atoms. The Bertz CT molecular complexity index is 475. The molecule has 1 aliphatic heterocycles. The Balaban J connectivity index is 1.52. The van der Waals surface area contributed by atoms with Crippen molar-refractivity contribution in [2.24, 2.45) is 5.92 Å². The van der Waals surface area contributed by atoms with Crippen molar-refractivity contribution in [3.05, 3.63) is 29.8 Å². The number of carbonyl (C=O) groups excluding carboxylic acids is 1. The highest BCUT2D eigenvalue weighted by Gasteiger charge is 2.34. The van der Waals surface area contributed by atoms with Crippen molar-refractivity contribution in [2.45, 2.75) is 32.2 Å². The number of hydrogen-bond acceptors (Lipinski definition) is 3. The van der Waals surface area contributed by atoms with Gasteiger partial charge in [-0.1, -0.05) is 17.7 Å². The van der Waals surface area contributed by atoms with Gasteiger partial charge in [0.15, 0.2) is 6.61 Å². The van der Waals surface area contributed by atoms with Crippen LogP contribution in [0.15, 0.2) is 24.3 Å². The van der Waals surface area contributed by atoms with Crippen LogP contribution in [0.2, 0.25) is 0 Å². The molecule has 0 spiro atoms. The number of rotatable bonds is 6. The molecule has 4 nitrogen and oxygen atoms in total. The minimum Gasteiger partial charge on any atom is -0.484 e. The van der Waals surface area contributed by atoms with E-state index >= 15 is 0 Å². The Labute approximate surface area is 126 Å². The molecule has 2 aliphatic rings. The first kappa shape index (κ1) is 14.4. The van der Waals surface area contributed by atoms with Gasteiger partial charge in [-0.15, -0.1) is 0 Å². The number of nitrogens with zero attached hydrogens (tertiary/aromatic N) is 1. The first-order valence-corrected chi connectivity index (χ1v) is 7.79. The fourth-order valence-corrected chi connectivity index (χ4v) is 2.71. The molecule has 1 saturated carbocycles. The van der Waals surface area contributed by atoms with Crippen LogP contribution in [0.1, 0.15) is 24.8 Å². The van der Waals surface area contributed by atoms with Crippen molar-refractivity contribution in [1.82, 2.24) is 4.90 Å². The molecular weight excluding hydrogens is 266 g/mol. The Morgan fingerprint density at radius 1 is 1.29 bits per heavy atom. The molecule has 1 heterocycles.